The summed E-state index contributed by atoms with van der Waals surface area (Å²) in [5, 5.41) is 0. The van der Waals surface area contributed by atoms with Gasteiger partial charge in [-0.05, 0) is 24.7 Å². The van der Waals surface area contributed by atoms with Crippen molar-refractivity contribution in [3.05, 3.63) is 0 Å². The fourth-order valence-electron chi connectivity index (χ4n) is 2.56. The molecule has 1 saturated carbocycles. The van der Waals surface area contributed by atoms with Crippen molar-refractivity contribution >= 4 is 5.97 Å². The third-order valence-electron chi connectivity index (χ3n) is 3.08. The first kappa shape index (κ1) is 11.5. The lowest BCUT2D eigenvalue weighted by Crippen LogP contribution is -2.48. The largest absolute Gasteiger partial charge is 0.469 e. The van der Waals surface area contributed by atoms with Gasteiger partial charge in [-0.3, -0.25) is 4.79 Å². The van der Waals surface area contributed by atoms with E-state index in [9.17, 15) is 4.79 Å². The average Bonchev–Trinajstić information content (AvgIpc) is 2.00. The predicted molar refractivity (Wildman–Crippen MR) is 55.8 cm³/mol. The molecule has 14 heavy (non-hydrogen) atoms. The molecule has 2 N–H and O–H groups in total. The van der Waals surface area contributed by atoms with Crippen molar-refractivity contribution in [2.24, 2.45) is 11.1 Å². The van der Waals surface area contributed by atoms with E-state index >= 15 is 0 Å². The first-order valence-electron chi connectivity index (χ1n) is 5.23. The normalized spacial score (nSPS) is 31.1. The van der Waals surface area contributed by atoms with Crippen molar-refractivity contribution in [1.82, 2.24) is 0 Å². The van der Waals surface area contributed by atoms with Crippen LogP contribution in [0, 0.1) is 5.41 Å². The van der Waals surface area contributed by atoms with Gasteiger partial charge in [-0.25, -0.2) is 0 Å². The molecule has 0 heterocycles. The summed E-state index contributed by atoms with van der Waals surface area (Å²) in [5.74, 6) is -0.190. The van der Waals surface area contributed by atoms with Crippen molar-refractivity contribution in [2.75, 3.05) is 7.11 Å². The molecule has 3 nitrogen and oxygen atoms in total. The Morgan fingerprint density at radius 1 is 1.43 bits per heavy atom. The summed E-state index contributed by atoms with van der Waals surface area (Å²) in [5.41, 5.74) is 6.14. The van der Waals surface area contributed by atoms with Gasteiger partial charge in [0.15, 0.2) is 0 Å². The lowest BCUT2D eigenvalue weighted by molar-refractivity contribution is -0.142. The summed E-state index contributed by atoms with van der Waals surface area (Å²) < 4.78 is 4.67. The van der Waals surface area contributed by atoms with Gasteiger partial charge in [-0.2, -0.15) is 0 Å². The summed E-state index contributed by atoms with van der Waals surface area (Å²) in [6, 6.07) is 0. The zero-order valence-electron chi connectivity index (χ0n) is 9.43. The van der Waals surface area contributed by atoms with E-state index in [1.165, 1.54) is 13.5 Å². The first-order valence-corrected chi connectivity index (χ1v) is 5.23. The van der Waals surface area contributed by atoms with Crippen LogP contribution in [-0.2, 0) is 9.53 Å². The van der Waals surface area contributed by atoms with Crippen LogP contribution in [0.2, 0.25) is 0 Å². The SMILES string of the molecule is COC(=O)CC1(N)CCCC(C)(C)C1. The van der Waals surface area contributed by atoms with E-state index < -0.39 is 0 Å². The zero-order valence-corrected chi connectivity index (χ0v) is 9.43. The fraction of sp³-hybridized carbons (Fsp3) is 0.909. The van der Waals surface area contributed by atoms with Gasteiger partial charge in [0.25, 0.3) is 0 Å². The van der Waals surface area contributed by atoms with Crippen LogP contribution in [0.25, 0.3) is 0 Å². The number of carbonyl (C=O) groups excluding carboxylic acids is 1. The monoisotopic (exact) mass is 199 g/mol. The molecule has 1 rings (SSSR count). The Labute approximate surface area is 86.0 Å². The lowest BCUT2D eigenvalue weighted by atomic mass is 9.67. The quantitative estimate of drug-likeness (QED) is 0.690. The predicted octanol–water partition coefficient (Wildman–Crippen LogP) is 1.85. The third-order valence-corrected chi connectivity index (χ3v) is 3.08. The first-order chi connectivity index (χ1) is 6.37. The summed E-state index contributed by atoms with van der Waals surface area (Å²) in [7, 11) is 1.42. The molecule has 1 fully saturated rings. The molecule has 0 bridgehead atoms. The summed E-state index contributed by atoms with van der Waals surface area (Å²) in [6.07, 6.45) is 4.52. The van der Waals surface area contributed by atoms with E-state index in [-0.39, 0.29) is 16.9 Å². The van der Waals surface area contributed by atoms with Crippen LogP contribution in [-0.4, -0.2) is 18.6 Å². The third kappa shape index (κ3) is 2.98. The van der Waals surface area contributed by atoms with Crippen LogP contribution < -0.4 is 5.73 Å². The van der Waals surface area contributed by atoms with Gasteiger partial charge in [0.1, 0.15) is 0 Å². The van der Waals surface area contributed by atoms with E-state index in [0.29, 0.717) is 6.42 Å². The van der Waals surface area contributed by atoms with Crippen molar-refractivity contribution in [1.29, 1.82) is 0 Å². The maximum atomic E-state index is 11.2. The Hall–Kier alpha value is -0.570. The second-order valence-electron chi connectivity index (χ2n) is 5.31. The Bertz CT molecular complexity index is 225. The van der Waals surface area contributed by atoms with Crippen molar-refractivity contribution in [3.63, 3.8) is 0 Å². The minimum absolute atomic E-state index is 0.190. The molecule has 82 valence electrons. The molecule has 0 aliphatic heterocycles. The molecule has 0 radical (unpaired) electrons. The number of rotatable bonds is 2. The smallest absolute Gasteiger partial charge is 0.307 e. The molecular weight excluding hydrogens is 178 g/mol. The molecule has 1 aliphatic rings. The number of nitrogens with two attached hydrogens (primary N) is 1. The van der Waals surface area contributed by atoms with Gasteiger partial charge in [-0.15, -0.1) is 0 Å². The van der Waals surface area contributed by atoms with E-state index in [2.05, 4.69) is 18.6 Å². The molecule has 0 amide bonds. The maximum absolute atomic E-state index is 11.2. The number of methoxy groups -OCH3 is 1. The molecule has 1 atom stereocenters. The van der Waals surface area contributed by atoms with Crippen LogP contribution in [0.5, 0.6) is 0 Å². The Morgan fingerprint density at radius 3 is 2.57 bits per heavy atom. The number of hydrogen-bond acceptors (Lipinski definition) is 3. The molecule has 0 spiro atoms. The summed E-state index contributed by atoms with van der Waals surface area (Å²) in [6.45, 7) is 4.43. The van der Waals surface area contributed by atoms with E-state index in [4.69, 9.17) is 5.73 Å². The minimum Gasteiger partial charge on any atom is -0.469 e. The van der Waals surface area contributed by atoms with Crippen molar-refractivity contribution < 1.29 is 9.53 Å². The maximum Gasteiger partial charge on any atom is 0.307 e. The van der Waals surface area contributed by atoms with E-state index in [0.717, 1.165) is 19.3 Å². The highest BCUT2D eigenvalue weighted by Gasteiger charge is 2.38. The van der Waals surface area contributed by atoms with Gasteiger partial charge in [-0.1, -0.05) is 20.3 Å². The number of ether oxygens (including phenoxy) is 1. The molecular formula is C11H21NO2. The second kappa shape index (κ2) is 3.89. The molecule has 3 heteroatoms. The van der Waals surface area contributed by atoms with Gasteiger partial charge in [0, 0.05) is 5.54 Å². The van der Waals surface area contributed by atoms with Crippen LogP contribution in [0.4, 0.5) is 0 Å². The van der Waals surface area contributed by atoms with Crippen molar-refractivity contribution in [2.45, 2.75) is 51.5 Å². The van der Waals surface area contributed by atoms with E-state index in [1.807, 2.05) is 0 Å². The Balaban J connectivity index is 2.60. The lowest BCUT2D eigenvalue weighted by Gasteiger charge is -2.42. The van der Waals surface area contributed by atoms with E-state index in [1.54, 1.807) is 0 Å². The second-order valence-corrected chi connectivity index (χ2v) is 5.31. The molecule has 0 aromatic rings. The highest BCUT2D eigenvalue weighted by atomic mass is 16.5. The number of hydrogen-bond donors (Lipinski definition) is 1. The minimum atomic E-state index is -0.338. The fourth-order valence-corrected chi connectivity index (χ4v) is 2.56. The Kier molecular flexibility index (Phi) is 3.20. The Morgan fingerprint density at radius 2 is 2.07 bits per heavy atom. The van der Waals surface area contributed by atoms with Crippen LogP contribution in [0.3, 0.4) is 0 Å². The molecule has 0 aromatic heterocycles. The van der Waals surface area contributed by atoms with Gasteiger partial charge in [0.05, 0.1) is 13.5 Å². The van der Waals surface area contributed by atoms with Crippen LogP contribution in [0.1, 0.15) is 46.0 Å². The number of esters is 1. The van der Waals surface area contributed by atoms with Crippen molar-refractivity contribution in [3.8, 4) is 0 Å². The topological polar surface area (TPSA) is 52.3 Å². The van der Waals surface area contributed by atoms with Crippen LogP contribution in [0.15, 0.2) is 0 Å². The molecule has 0 saturated heterocycles. The summed E-state index contributed by atoms with van der Waals surface area (Å²) >= 11 is 0. The molecule has 1 aliphatic carbocycles. The number of carbonyl (C=O) groups is 1. The van der Waals surface area contributed by atoms with Gasteiger partial charge >= 0.3 is 5.97 Å². The zero-order chi connectivity index (χ0) is 10.8. The molecule has 0 aromatic carbocycles. The van der Waals surface area contributed by atoms with Gasteiger partial charge < -0.3 is 10.5 Å². The standard InChI is InChI=1S/C11H21NO2/c1-10(2)5-4-6-11(12,8-10)7-9(13)14-3/h4-8,12H2,1-3H3. The summed E-state index contributed by atoms with van der Waals surface area (Å²) in [4.78, 5) is 11.2. The van der Waals surface area contributed by atoms with Crippen LogP contribution >= 0.6 is 0 Å². The molecule has 1 unspecified atom stereocenters. The highest BCUT2D eigenvalue weighted by molar-refractivity contribution is 5.70. The van der Waals surface area contributed by atoms with Gasteiger partial charge in [0.2, 0.25) is 0 Å². The average molecular weight is 199 g/mol. The highest BCUT2D eigenvalue weighted by Crippen LogP contribution is 2.41.